The SMILES string of the molecule is COc1cc(OC(C(=O)O)C(O)c2ccc(OC(C(=O)O)C(O)c3ccc(S(=O)(=O)O)c(OC)c3)c(OC)c2)cc(C(O)C(Oc2ccc(/C=C/C(=O)O)cc2OC)C(=O)O)c1. The molecule has 0 aliphatic carbocycles. The number of carboxylic acid groups (broad SMARTS) is 4. The van der Waals surface area contributed by atoms with E-state index in [9.17, 15) is 62.8 Å². The molecule has 0 heterocycles. The molecule has 4 aromatic rings. The summed E-state index contributed by atoms with van der Waals surface area (Å²) in [4.78, 5) is 47.4. The predicted octanol–water partition coefficient (Wildman–Crippen LogP) is 2.76. The summed E-state index contributed by atoms with van der Waals surface area (Å²) in [5.41, 5.74) is -0.184. The number of rotatable bonds is 22. The fourth-order valence-corrected chi connectivity index (χ4v) is 6.38. The maximum absolute atomic E-state index is 12.5. The largest absolute Gasteiger partial charge is 0.497 e. The van der Waals surface area contributed by atoms with Crippen molar-refractivity contribution in [1.82, 2.24) is 0 Å². The van der Waals surface area contributed by atoms with Gasteiger partial charge in [-0.2, -0.15) is 8.42 Å². The van der Waals surface area contributed by atoms with Gasteiger partial charge in [-0.25, -0.2) is 19.2 Å². The molecule has 22 heteroatoms. The molecule has 0 saturated heterocycles. The van der Waals surface area contributed by atoms with E-state index in [1.165, 1.54) is 50.6 Å². The van der Waals surface area contributed by atoms with E-state index in [0.717, 1.165) is 62.8 Å². The van der Waals surface area contributed by atoms with Crippen molar-refractivity contribution in [2.75, 3.05) is 28.4 Å². The molecule has 6 unspecified atom stereocenters. The maximum atomic E-state index is 12.5. The Morgan fingerprint density at radius 1 is 0.516 bits per heavy atom. The van der Waals surface area contributed by atoms with Crippen LogP contribution >= 0.6 is 0 Å². The molecule has 4 rings (SSSR count). The van der Waals surface area contributed by atoms with Gasteiger partial charge in [0, 0.05) is 12.1 Å². The van der Waals surface area contributed by atoms with Gasteiger partial charge in [-0.1, -0.05) is 18.2 Å². The number of methoxy groups -OCH3 is 4. The third-order valence-electron chi connectivity index (χ3n) is 8.78. The smallest absolute Gasteiger partial charge is 0.348 e. The van der Waals surface area contributed by atoms with Crippen LogP contribution < -0.4 is 33.2 Å². The summed E-state index contributed by atoms with van der Waals surface area (Å²) < 4.78 is 70.4. The Morgan fingerprint density at radius 2 is 0.968 bits per heavy atom. The van der Waals surface area contributed by atoms with Gasteiger partial charge in [0.05, 0.1) is 28.4 Å². The van der Waals surface area contributed by atoms with Gasteiger partial charge in [-0.15, -0.1) is 0 Å². The second-order valence-electron chi connectivity index (χ2n) is 12.8. The zero-order chi connectivity index (χ0) is 46.1. The van der Waals surface area contributed by atoms with E-state index in [1.54, 1.807) is 0 Å². The molecule has 0 spiro atoms. The minimum absolute atomic E-state index is 0.00755. The van der Waals surface area contributed by atoms with E-state index < -0.39 is 81.3 Å². The Bertz CT molecular complexity index is 2430. The van der Waals surface area contributed by atoms with Crippen molar-refractivity contribution in [3.8, 4) is 40.2 Å². The summed E-state index contributed by atoms with van der Waals surface area (Å²) in [6, 6.07) is 13.7. The molecule has 0 bridgehead atoms. The molecule has 0 aromatic heterocycles. The van der Waals surface area contributed by atoms with Gasteiger partial charge in [0.25, 0.3) is 10.1 Å². The molecule has 0 aliphatic heterocycles. The monoisotopic (exact) mass is 888 g/mol. The van der Waals surface area contributed by atoms with Crippen LogP contribution in [0.4, 0.5) is 0 Å². The highest BCUT2D eigenvalue weighted by atomic mass is 32.2. The maximum Gasteiger partial charge on any atom is 0.348 e. The van der Waals surface area contributed by atoms with Crippen molar-refractivity contribution in [2.45, 2.75) is 41.5 Å². The van der Waals surface area contributed by atoms with Gasteiger partial charge in [0.2, 0.25) is 18.3 Å². The fourth-order valence-electron chi connectivity index (χ4n) is 5.74. The lowest BCUT2D eigenvalue weighted by Crippen LogP contribution is -2.35. The fraction of sp³-hybridized carbons (Fsp3) is 0.250. The van der Waals surface area contributed by atoms with Gasteiger partial charge >= 0.3 is 23.9 Å². The average molecular weight is 889 g/mol. The van der Waals surface area contributed by atoms with Crippen LogP contribution in [-0.4, -0.2) is 119 Å². The van der Waals surface area contributed by atoms with Gasteiger partial charge in [0.15, 0.2) is 23.0 Å². The van der Waals surface area contributed by atoms with Crippen LogP contribution in [0.25, 0.3) is 6.08 Å². The summed E-state index contributed by atoms with van der Waals surface area (Å²) in [6.07, 6.45) is -10.0. The standard InChI is InChI=1S/C40H40O21S/c1-55-23-14-22(34(45)37(40(50)51)60-25-9-5-19(6-12-31(41)42)13-27(25)56-2)15-24(18-23)59-35(38(46)47)32(43)20-7-10-26(28(16-20)57-3)61-36(39(48)49)33(44)21-8-11-30(62(52,53)54)29(17-21)58-4/h5-18,32-37,43-45H,1-4H3,(H,41,42)(H,46,47)(H,48,49)(H,50,51)(H,52,53,54)/b12-6+. The second kappa shape index (κ2) is 20.4. The predicted molar refractivity (Wildman–Crippen MR) is 209 cm³/mol. The van der Waals surface area contributed by atoms with Crippen molar-refractivity contribution < 1.29 is 101 Å². The minimum Gasteiger partial charge on any atom is -0.497 e. The summed E-state index contributed by atoms with van der Waals surface area (Å²) in [6.45, 7) is 0. The molecule has 332 valence electrons. The van der Waals surface area contributed by atoms with Crippen molar-refractivity contribution in [1.29, 1.82) is 0 Å². The van der Waals surface area contributed by atoms with Crippen molar-refractivity contribution in [3.63, 3.8) is 0 Å². The summed E-state index contributed by atoms with van der Waals surface area (Å²) >= 11 is 0. The van der Waals surface area contributed by atoms with E-state index in [4.69, 9.17) is 38.3 Å². The number of hydrogen-bond donors (Lipinski definition) is 8. The number of aliphatic hydroxyl groups is 3. The highest BCUT2D eigenvalue weighted by Gasteiger charge is 2.36. The number of benzene rings is 4. The van der Waals surface area contributed by atoms with E-state index in [2.05, 4.69) is 0 Å². The Balaban J connectivity index is 1.61. The molecule has 0 radical (unpaired) electrons. The molecule has 0 amide bonds. The molecule has 0 saturated carbocycles. The highest BCUT2D eigenvalue weighted by molar-refractivity contribution is 7.86. The third-order valence-corrected chi connectivity index (χ3v) is 9.68. The average Bonchev–Trinajstić information content (AvgIpc) is 3.24. The van der Waals surface area contributed by atoms with E-state index in [0.29, 0.717) is 5.56 Å². The number of ether oxygens (including phenoxy) is 7. The van der Waals surface area contributed by atoms with Gasteiger partial charge in [-0.3, -0.25) is 4.55 Å². The van der Waals surface area contributed by atoms with Crippen LogP contribution in [0.3, 0.4) is 0 Å². The van der Waals surface area contributed by atoms with Crippen LogP contribution in [0, 0.1) is 0 Å². The normalized spacial score (nSPS) is 14.3. The Hall–Kier alpha value is -7.11. The third kappa shape index (κ3) is 11.6. The summed E-state index contributed by atoms with van der Waals surface area (Å²) in [7, 11) is -0.0700. The quantitative estimate of drug-likeness (QED) is 0.0415. The molecule has 4 aromatic carbocycles. The zero-order valence-corrected chi connectivity index (χ0v) is 33.7. The van der Waals surface area contributed by atoms with Crippen LogP contribution in [0.2, 0.25) is 0 Å². The van der Waals surface area contributed by atoms with Crippen LogP contribution in [0.5, 0.6) is 40.2 Å². The number of aliphatic carboxylic acids is 4. The topological polar surface area (TPSA) is 329 Å². The first-order chi connectivity index (χ1) is 29.2. The Morgan fingerprint density at radius 3 is 1.45 bits per heavy atom. The van der Waals surface area contributed by atoms with Crippen LogP contribution in [-0.2, 0) is 29.3 Å². The minimum atomic E-state index is -4.75. The van der Waals surface area contributed by atoms with Gasteiger partial charge in [-0.05, 0) is 76.9 Å². The number of hydrogen-bond acceptors (Lipinski definition) is 16. The lowest BCUT2D eigenvalue weighted by molar-refractivity contribution is -0.152. The Labute approximate surface area is 351 Å². The molecular weight excluding hydrogens is 848 g/mol. The highest BCUT2D eigenvalue weighted by Crippen LogP contribution is 2.38. The van der Waals surface area contributed by atoms with Crippen molar-refractivity contribution >= 4 is 40.1 Å². The zero-order valence-electron chi connectivity index (χ0n) is 32.8. The number of aliphatic hydroxyl groups excluding tert-OH is 3. The molecule has 8 N–H and O–H groups in total. The molecular formula is C40H40O21S. The number of carboxylic acids is 4. The first-order valence-corrected chi connectivity index (χ1v) is 19.0. The van der Waals surface area contributed by atoms with Crippen molar-refractivity contribution in [3.05, 3.63) is 101 Å². The second-order valence-corrected chi connectivity index (χ2v) is 14.2. The van der Waals surface area contributed by atoms with Crippen LogP contribution in [0.15, 0.2) is 83.8 Å². The van der Waals surface area contributed by atoms with E-state index in [-0.39, 0.29) is 51.2 Å². The number of carbonyl (C=O) groups is 4. The first-order valence-electron chi connectivity index (χ1n) is 17.6. The van der Waals surface area contributed by atoms with E-state index in [1.807, 2.05) is 0 Å². The first kappa shape index (κ1) is 47.6. The summed E-state index contributed by atoms with van der Waals surface area (Å²) in [5.74, 6) is -7.74. The van der Waals surface area contributed by atoms with E-state index >= 15 is 0 Å². The van der Waals surface area contributed by atoms with Gasteiger partial charge < -0.3 is 68.9 Å². The lowest BCUT2D eigenvalue weighted by Gasteiger charge is -2.25. The molecule has 0 aliphatic rings. The molecule has 21 nitrogen and oxygen atoms in total. The van der Waals surface area contributed by atoms with Crippen molar-refractivity contribution in [2.24, 2.45) is 0 Å². The molecule has 6 atom stereocenters. The van der Waals surface area contributed by atoms with Crippen LogP contribution in [0.1, 0.15) is 40.6 Å². The summed E-state index contributed by atoms with van der Waals surface area (Å²) in [5, 5.41) is 72.6. The lowest BCUT2D eigenvalue weighted by atomic mass is 10.0. The van der Waals surface area contributed by atoms with Gasteiger partial charge in [0.1, 0.15) is 40.5 Å². The molecule has 0 fully saturated rings. The Kier molecular flexibility index (Phi) is 15.7. The molecule has 62 heavy (non-hydrogen) atoms.